The van der Waals surface area contributed by atoms with Gasteiger partial charge >= 0.3 is 0 Å². The molecule has 45 heavy (non-hydrogen) atoms. The zero-order valence-electron chi connectivity index (χ0n) is 27.7. The number of aldehydes is 1. The molecular formula is C32H49ClFN7O4. The number of anilines is 1. The van der Waals surface area contributed by atoms with E-state index in [1.165, 1.54) is 24.4 Å². The van der Waals surface area contributed by atoms with E-state index in [1.54, 1.807) is 44.1 Å². The van der Waals surface area contributed by atoms with Crippen LogP contribution < -0.4 is 5.32 Å². The number of hydrogen-bond acceptors (Lipinski definition) is 9. The number of nitrogens with one attached hydrogen (secondary N) is 1. The van der Waals surface area contributed by atoms with Gasteiger partial charge in [-0.05, 0) is 44.4 Å². The van der Waals surface area contributed by atoms with Gasteiger partial charge in [0, 0.05) is 67.5 Å². The number of piperazine rings is 1. The molecular weight excluding hydrogens is 601 g/mol. The molecule has 2 heterocycles. The molecule has 250 valence electrons. The molecule has 0 bridgehead atoms. The zero-order valence-corrected chi connectivity index (χ0v) is 28.5. The van der Waals surface area contributed by atoms with Crippen LogP contribution in [0.15, 0.2) is 46.3 Å². The van der Waals surface area contributed by atoms with Crippen molar-refractivity contribution in [1.82, 2.24) is 24.8 Å². The molecule has 1 aromatic rings. The molecule has 2 aliphatic heterocycles. The number of hydrazone groups is 1. The molecule has 0 saturated carbocycles. The molecule has 0 spiro atoms. The van der Waals surface area contributed by atoms with E-state index in [0.717, 1.165) is 24.1 Å². The minimum Gasteiger partial charge on any atom is -0.387 e. The van der Waals surface area contributed by atoms with Gasteiger partial charge < -0.3 is 29.7 Å². The average Bonchev–Trinajstić information content (AvgIpc) is 3.02. The third kappa shape index (κ3) is 10.8. The summed E-state index contributed by atoms with van der Waals surface area (Å²) in [6, 6.07) is 5.16. The Morgan fingerprint density at radius 1 is 1.20 bits per heavy atom. The Kier molecular flexibility index (Phi) is 15.0. The molecule has 11 nitrogen and oxygen atoms in total. The number of nitrogens with zero attached hydrogens (tertiary/aromatic N) is 6. The maximum Gasteiger partial charge on any atom is 0.291 e. The second-order valence-electron chi connectivity index (χ2n) is 11.3. The van der Waals surface area contributed by atoms with Crippen molar-refractivity contribution < 1.29 is 23.5 Å². The van der Waals surface area contributed by atoms with Crippen molar-refractivity contribution >= 4 is 42.1 Å². The fraction of sp³-hybridized carbons (Fsp3) is 0.562. The lowest BCUT2D eigenvalue weighted by Gasteiger charge is -2.41. The molecule has 0 aliphatic carbocycles. The van der Waals surface area contributed by atoms with Crippen molar-refractivity contribution in [1.29, 1.82) is 0 Å². The van der Waals surface area contributed by atoms with Crippen LogP contribution in [0, 0.1) is 0 Å². The predicted octanol–water partition coefficient (Wildman–Crippen LogP) is 4.13. The molecule has 1 saturated heterocycles. The van der Waals surface area contributed by atoms with Crippen molar-refractivity contribution in [2.45, 2.75) is 46.2 Å². The van der Waals surface area contributed by atoms with Gasteiger partial charge in [0.25, 0.3) is 5.91 Å². The molecule has 1 N–H and O–H groups in total. The van der Waals surface area contributed by atoms with E-state index in [-0.39, 0.29) is 18.4 Å². The number of carbonyl (C=O) groups is 3. The van der Waals surface area contributed by atoms with Crippen molar-refractivity contribution in [3.63, 3.8) is 0 Å². The molecule has 0 aromatic heterocycles. The fourth-order valence-electron chi connectivity index (χ4n) is 5.08. The maximum atomic E-state index is 13.5. The van der Waals surface area contributed by atoms with Crippen LogP contribution in [0.3, 0.4) is 0 Å². The van der Waals surface area contributed by atoms with Crippen molar-refractivity contribution in [3.8, 4) is 0 Å². The second-order valence-corrected chi connectivity index (χ2v) is 11.7. The lowest BCUT2D eigenvalue weighted by atomic mass is 10.0. The first-order valence-corrected chi connectivity index (χ1v) is 15.5. The van der Waals surface area contributed by atoms with Gasteiger partial charge in [0.15, 0.2) is 0 Å². The number of amides is 2. The number of likely N-dealkylation sites (N-methyl/N-ethyl adjacent to an activating group) is 2. The highest BCUT2D eigenvalue weighted by Crippen LogP contribution is 2.30. The smallest absolute Gasteiger partial charge is 0.291 e. The Balaban J connectivity index is 0.000000452. The quantitative estimate of drug-likeness (QED) is 0.119. The molecule has 2 aliphatic rings. The van der Waals surface area contributed by atoms with Crippen LogP contribution in [0.2, 0.25) is 5.02 Å². The van der Waals surface area contributed by atoms with Gasteiger partial charge in [-0.25, -0.2) is 14.4 Å². The monoisotopic (exact) mass is 649 g/mol. The summed E-state index contributed by atoms with van der Waals surface area (Å²) in [6.45, 7) is 14.2. The summed E-state index contributed by atoms with van der Waals surface area (Å²) >= 11 is 5.91. The average molecular weight is 650 g/mol. The van der Waals surface area contributed by atoms with Crippen LogP contribution in [0.1, 0.15) is 46.1 Å². The Bertz CT molecular complexity index is 1240. The number of rotatable bonds is 12. The number of ether oxygens (including phenoxy) is 1. The molecule has 13 heteroatoms. The summed E-state index contributed by atoms with van der Waals surface area (Å²) in [5, 5.41) is 12.3. The normalized spacial score (nSPS) is 15.7. The van der Waals surface area contributed by atoms with Crippen LogP contribution in [-0.4, -0.2) is 123 Å². The van der Waals surface area contributed by atoms with E-state index < -0.39 is 5.67 Å². The SMILES string of the molecule is C=NN(C)C(=O)/C(=C(/CC)N(CC=O)N(C)CC1=CCOCC1)N1CCN(C(C)=O)CC1.CNc1ccc(C(C)(C)F)cc1Cl. The first-order chi connectivity index (χ1) is 21.3. The third-order valence-electron chi connectivity index (χ3n) is 7.74. The molecule has 0 atom stereocenters. The zero-order chi connectivity index (χ0) is 33.7. The number of hydrazine groups is 1. The van der Waals surface area contributed by atoms with Crippen LogP contribution in [0.5, 0.6) is 0 Å². The molecule has 2 amide bonds. The summed E-state index contributed by atoms with van der Waals surface area (Å²) < 4.78 is 18.9. The van der Waals surface area contributed by atoms with Gasteiger partial charge in [-0.1, -0.05) is 36.2 Å². The maximum absolute atomic E-state index is 13.5. The van der Waals surface area contributed by atoms with Gasteiger partial charge in [0.1, 0.15) is 17.7 Å². The van der Waals surface area contributed by atoms with Crippen LogP contribution >= 0.6 is 11.6 Å². The van der Waals surface area contributed by atoms with E-state index in [0.29, 0.717) is 68.6 Å². The summed E-state index contributed by atoms with van der Waals surface area (Å²) in [4.78, 5) is 40.5. The Morgan fingerprint density at radius 2 is 1.84 bits per heavy atom. The third-order valence-corrected chi connectivity index (χ3v) is 8.06. The van der Waals surface area contributed by atoms with E-state index in [2.05, 4.69) is 23.2 Å². The number of alkyl halides is 1. The van der Waals surface area contributed by atoms with Crippen molar-refractivity contribution in [2.75, 3.05) is 78.9 Å². The summed E-state index contributed by atoms with van der Waals surface area (Å²) in [5.41, 5.74) is 2.53. The Labute approximate surface area is 272 Å². The fourth-order valence-corrected chi connectivity index (χ4v) is 5.35. The van der Waals surface area contributed by atoms with Gasteiger partial charge in [-0.15, -0.1) is 0 Å². The molecule has 0 radical (unpaired) electrons. The number of allylic oxidation sites excluding steroid dienone is 1. The molecule has 0 unspecified atom stereocenters. The molecule has 1 aromatic carbocycles. The minimum atomic E-state index is -1.34. The Morgan fingerprint density at radius 3 is 2.31 bits per heavy atom. The van der Waals surface area contributed by atoms with Gasteiger partial charge in [-0.3, -0.25) is 9.59 Å². The molecule has 1 fully saturated rings. The lowest BCUT2D eigenvalue weighted by Crippen LogP contribution is -2.51. The largest absolute Gasteiger partial charge is 0.387 e. The van der Waals surface area contributed by atoms with Gasteiger partial charge in [0.05, 0.1) is 36.2 Å². The van der Waals surface area contributed by atoms with Gasteiger partial charge in [-0.2, -0.15) is 5.10 Å². The van der Waals surface area contributed by atoms with E-state index >= 15 is 0 Å². The Hall–Kier alpha value is -3.48. The van der Waals surface area contributed by atoms with Gasteiger partial charge in [0.2, 0.25) is 5.91 Å². The minimum absolute atomic E-state index is 0.0224. The number of benzene rings is 1. The topological polar surface area (TPSA) is 101 Å². The van der Waals surface area contributed by atoms with Crippen molar-refractivity contribution in [2.24, 2.45) is 5.10 Å². The summed E-state index contributed by atoms with van der Waals surface area (Å²) in [7, 11) is 5.26. The number of hydrogen-bond donors (Lipinski definition) is 1. The van der Waals surface area contributed by atoms with E-state index in [1.807, 2.05) is 28.9 Å². The predicted molar refractivity (Wildman–Crippen MR) is 178 cm³/mol. The highest BCUT2D eigenvalue weighted by atomic mass is 35.5. The standard InChI is InChI=1S/C22H36N6O4.C10H13ClFN/c1-6-20(28(13-14-29)24(4)17-19-7-15-32-16-8-19)21(22(31)25(5)23-3)27-11-9-26(10-12-27)18(2)30;1-10(2,12)7-4-5-9(13-3)8(11)6-7/h7,14H,3,6,8-13,15-17H2,1-2,4-5H3;4-6,13H,1-3H3/b21-20+;. The highest BCUT2D eigenvalue weighted by Gasteiger charge is 2.31. The number of halogens is 2. The van der Waals surface area contributed by atoms with Crippen LogP contribution in [0.4, 0.5) is 10.1 Å². The summed E-state index contributed by atoms with van der Waals surface area (Å²) in [5.74, 6) is -0.267. The molecule has 3 rings (SSSR count). The van der Waals surface area contributed by atoms with Crippen LogP contribution in [-0.2, 0) is 24.8 Å². The lowest BCUT2D eigenvalue weighted by molar-refractivity contribution is -0.131. The van der Waals surface area contributed by atoms with Crippen molar-refractivity contribution in [3.05, 3.63) is 51.8 Å². The van der Waals surface area contributed by atoms with E-state index in [4.69, 9.17) is 16.3 Å². The first-order valence-electron chi connectivity index (χ1n) is 15.1. The number of carbonyl (C=O) groups excluding carboxylic acids is 3. The highest BCUT2D eigenvalue weighted by molar-refractivity contribution is 6.33. The van der Waals surface area contributed by atoms with Crippen LogP contribution in [0.25, 0.3) is 0 Å². The first kappa shape index (κ1) is 37.7. The second kappa shape index (κ2) is 17.9. The summed E-state index contributed by atoms with van der Waals surface area (Å²) in [6.07, 6.45) is 4.29. The van der Waals surface area contributed by atoms with E-state index in [9.17, 15) is 18.8 Å².